The lowest BCUT2D eigenvalue weighted by Crippen LogP contribution is -2.10. The van der Waals surface area contributed by atoms with E-state index in [-0.39, 0.29) is 12.4 Å². The van der Waals surface area contributed by atoms with E-state index in [4.69, 9.17) is 28.9 Å². The molecule has 1 unspecified atom stereocenters. The van der Waals surface area contributed by atoms with Crippen LogP contribution >= 0.6 is 35.6 Å². The molecule has 2 N–H and O–H groups in total. The molecule has 0 bridgehead atoms. The van der Waals surface area contributed by atoms with Crippen molar-refractivity contribution in [2.75, 3.05) is 0 Å². The summed E-state index contributed by atoms with van der Waals surface area (Å²) in [6.45, 7) is 0. The zero-order chi connectivity index (χ0) is 9.14. The van der Waals surface area contributed by atoms with E-state index in [1.165, 1.54) is 0 Å². The third kappa shape index (κ3) is 3.16. The first-order valence-corrected chi connectivity index (χ1v) is 4.06. The van der Waals surface area contributed by atoms with Crippen LogP contribution in [0.15, 0.2) is 18.2 Å². The van der Waals surface area contributed by atoms with Crippen molar-refractivity contribution in [2.45, 2.75) is 6.04 Å². The molecule has 13 heavy (non-hydrogen) atoms. The second-order valence-electron chi connectivity index (χ2n) is 2.34. The molecule has 0 fully saturated rings. The minimum absolute atomic E-state index is 0. The topological polar surface area (TPSA) is 43.1 Å². The molecule has 0 saturated heterocycles. The van der Waals surface area contributed by atoms with Crippen molar-refractivity contribution < 1.29 is 4.79 Å². The van der Waals surface area contributed by atoms with Crippen molar-refractivity contribution in [1.82, 2.24) is 0 Å². The summed E-state index contributed by atoms with van der Waals surface area (Å²) in [4.78, 5) is 10.3. The maximum absolute atomic E-state index is 10.3. The molecule has 72 valence electrons. The first kappa shape index (κ1) is 12.7. The zero-order valence-electron chi connectivity index (χ0n) is 6.54. The van der Waals surface area contributed by atoms with E-state index in [1.807, 2.05) is 0 Å². The highest BCUT2D eigenvalue weighted by Crippen LogP contribution is 2.24. The van der Waals surface area contributed by atoms with Gasteiger partial charge in [0.2, 0.25) is 0 Å². The number of hydrogen-bond acceptors (Lipinski definition) is 2. The number of carbonyl (C=O) groups is 1. The maximum Gasteiger partial charge on any atom is 0.141 e. The molecule has 1 aromatic carbocycles. The Bertz CT molecular complexity index is 303. The van der Waals surface area contributed by atoms with Crippen LogP contribution in [0.4, 0.5) is 0 Å². The summed E-state index contributed by atoms with van der Waals surface area (Å²) in [5, 5.41) is 0.866. The van der Waals surface area contributed by atoms with Crippen LogP contribution < -0.4 is 5.73 Å². The predicted molar refractivity (Wildman–Crippen MR) is 56.7 cm³/mol. The minimum Gasteiger partial charge on any atom is -0.318 e. The van der Waals surface area contributed by atoms with Crippen molar-refractivity contribution in [1.29, 1.82) is 0 Å². The molecule has 0 heterocycles. The van der Waals surface area contributed by atoms with Gasteiger partial charge in [0.15, 0.2) is 0 Å². The number of rotatable bonds is 2. The Balaban J connectivity index is 0.00000144. The van der Waals surface area contributed by atoms with Gasteiger partial charge in [0.1, 0.15) is 6.29 Å². The second-order valence-corrected chi connectivity index (χ2v) is 3.15. The predicted octanol–water partition coefficient (Wildman–Crippen LogP) is 2.61. The molecule has 0 amide bonds. The van der Waals surface area contributed by atoms with E-state index >= 15 is 0 Å². The zero-order valence-corrected chi connectivity index (χ0v) is 8.86. The highest BCUT2D eigenvalue weighted by atomic mass is 35.5. The molecular formula is C8H8Cl3NO. The molecule has 1 rings (SSSR count). The molecule has 0 aliphatic heterocycles. The van der Waals surface area contributed by atoms with Gasteiger partial charge in [-0.05, 0) is 17.7 Å². The van der Waals surface area contributed by atoms with Crippen LogP contribution in [0, 0.1) is 0 Å². The fraction of sp³-hybridized carbons (Fsp3) is 0.125. The van der Waals surface area contributed by atoms with Gasteiger partial charge in [-0.2, -0.15) is 0 Å². The molecule has 0 aliphatic carbocycles. The lowest BCUT2D eigenvalue weighted by Gasteiger charge is -2.04. The third-order valence-electron chi connectivity index (χ3n) is 1.48. The van der Waals surface area contributed by atoms with Gasteiger partial charge in [0.05, 0.1) is 16.1 Å². The Kier molecular flexibility index (Phi) is 5.33. The molecule has 0 saturated carbocycles. The van der Waals surface area contributed by atoms with Crippen molar-refractivity contribution in [2.24, 2.45) is 5.73 Å². The van der Waals surface area contributed by atoms with E-state index in [2.05, 4.69) is 0 Å². The van der Waals surface area contributed by atoms with E-state index in [0.717, 1.165) is 0 Å². The smallest absolute Gasteiger partial charge is 0.141 e. The summed E-state index contributed by atoms with van der Waals surface area (Å²) in [5.74, 6) is 0. The Labute approximate surface area is 92.4 Å². The van der Waals surface area contributed by atoms with Crippen LogP contribution in [-0.2, 0) is 4.79 Å². The van der Waals surface area contributed by atoms with E-state index < -0.39 is 6.04 Å². The number of halogens is 3. The van der Waals surface area contributed by atoms with Gasteiger partial charge in [0.25, 0.3) is 0 Å². The molecule has 1 atom stereocenters. The Hall–Kier alpha value is -0.280. The molecule has 0 aromatic heterocycles. The van der Waals surface area contributed by atoms with Gasteiger partial charge in [-0.3, -0.25) is 0 Å². The molecule has 1 aromatic rings. The summed E-state index contributed by atoms with van der Waals surface area (Å²) in [6.07, 6.45) is 0.652. The molecule has 2 nitrogen and oxygen atoms in total. The number of hydrogen-bond donors (Lipinski definition) is 1. The Morgan fingerprint density at radius 1 is 1.31 bits per heavy atom. The summed E-state index contributed by atoms with van der Waals surface area (Å²) in [5.41, 5.74) is 6.11. The summed E-state index contributed by atoms with van der Waals surface area (Å²) in [7, 11) is 0. The summed E-state index contributed by atoms with van der Waals surface area (Å²) < 4.78 is 0. The average molecular weight is 241 g/mol. The van der Waals surface area contributed by atoms with Gasteiger partial charge in [-0.1, -0.05) is 29.3 Å². The molecule has 0 aliphatic rings. The molecule has 0 spiro atoms. The fourth-order valence-electron chi connectivity index (χ4n) is 0.798. The van der Waals surface area contributed by atoms with Crippen molar-refractivity contribution in [3.63, 3.8) is 0 Å². The summed E-state index contributed by atoms with van der Waals surface area (Å²) in [6, 6.07) is 4.25. The minimum atomic E-state index is -0.625. The van der Waals surface area contributed by atoms with Crippen LogP contribution in [0.2, 0.25) is 10.0 Å². The van der Waals surface area contributed by atoms with Crippen LogP contribution in [0.5, 0.6) is 0 Å². The normalized spacial score (nSPS) is 11.6. The van der Waals surface area contributed by atoms with Crippen molar-refractivity contribution in [3.8, 4) is 0 Å². The standard InChI is InChI=1S/C8H7Cl2NO.ClH/c9-6-2-1-5(3-7(6)10)8(11)4-12;/h1-4,8H,11H2;1H. The molecule has 5 heteroatoms. The average Bonchev–Trinajstić information content (AvgIpc) is 2.08. The first-order chi connectivity index (χ1) is 5.65. The second kappa shape index (κ2) is 5.45. The van der Waals surface area contributed by atoms with Gasteiger partial charge in [0, 0.05) is 0 Å². The highest BCUT2D eigenvalue weighted by Gasteiger charge is 2.05. The van der Waals surface area contributed by atoms with Crippen molar-refractivity contribution >= 4 is 41.9 Å². The van der Waals surface area contributed by atoms with Gasteiger partial charge < -0.3 is 10.5 Å². The largest absolute Gasteiger partial charge is 0.318 e. The van der Waals surface area contributed by atoms with E-state index in [9.17, 15) is 4.79 Å². The Morgan fingerprint density at radius 3 is 2.38 bits per heavy atom. The summed E-state index contributed by atoms with van der Waals surface area (Å²) >= 11 is 11.4. The number of aldehydes is 1. The lowest BCUT2D eigenvalue weighted by atomic mass is 10.1. The van der Waals surface area contributed by atoms with Crippen molar-refractivity contribution in [3.05, 3.63) is 33.8 Å². The van der Waals surface area contributed by atoms with Crippen LogP contribution in [0.1, 0.15) is 11.6 Å². The van der Waals surface area contributed by atoms with Gasteiger partial charge in [-0.25, -0.2) is 0 Å². The SMILES string of the molecule is Cl.NC(C=O)c1ccc(Cl)c(Cl)c1. The fourth-order valence-corrected chi connectivity index (χ4v) is 1.10. The van der Waals surface area contributed by atoms with Crippen LogP contribution in [0.25, 0.3) is 0 Å². The monoisotopic (exact) mass is 239 g/mol. The first-order valence-electron chi connectivity index (χ1n) is 3.31. The number of benzene rings is 1. The van der Waals surface area contributed by atoms with Gasteiger partial charge >= 0.3 is 0 Å². The quantitative estimate of drug-likeness (QED) is 0.808. The third-order valence-corrected chi connectivity index (χ3v) is 2.21. The van der Waals surface area contributed by atoms with Crippen LogP contribution in [0.3, 0.4) is 0 Å². The Morgan fingerprint density at radius 2 is 1.92 bits per heavy atom. The van der Waals surface area contributed by atoms with E-state index in [0.29, 0.717) is 21.9 Å². The van der Waals surface area contributed by atoms with Crippen LogP contribution in [-0.4, -0.2) is 6.29 Å². The highest BCUT2D eigenvalue weighted by molar-refractivity contribution is 6.42. The number of nitrogens with two attached hydrogens (primary N) is 1. The van der Waals surface area contributed by atoms with Gasteiger partial charge in [-0.15, -0.1) is 12.4 Å². The number of carbonyl (C=O) groups excluding carboxylic acids is 1. The van der Waals surface area contributed by atoms with E-state index in [1.54, 1.807) is 18.2 Å². The maximum atomic E-state index is 10.3. The molecular weight excluding hydrogens is 232 g/mol. The molecule has 0 radical (unpaired) electrons. The lowest BCUT2D eigenvalue weighted by molar-refractivity contribution is -0.109.